The van der Waals surface area contributed by atoms with Gasteiger partial charge in [0.2, 0.25) is 5.91 Å². The summed E-state index contributed by atoms with van der Waals surface area (Å²) >= 11 is 0. The van der Waals surface area contributed by atoms with E-state index >= 15 is 0 Å². The Morgan fingerprint density at radius 1 is 1.21 bits per heavy atom. The standard InChI is InChI=1S/C22H29N3O4/c1-16(2)8-13-24-20(27)22(3,14-17-4-6-19(26)7-5-17)25(21(28)29)15-18-9-11-23-12-10-18/h4-7,9-12,16,26H,8,13-15H2,1-3H3,(H,24,27)(H,28,29)/t22-/m0/s1/i6T,7T. The van der Waals surface area contributed by atoms with Crippen LogP contribution in [0.3, 0.4) is 0 Å². The summed E-state index contributed by atoms with van der Waals surface area (Å²) in [6.45, 7) is 5.96. The van der Waals surface area contributed by atoms with Crippen LogP contribution in [0.2, 0.25) is 0 Å². The van der Waals surface area contributed by atoms with E-state index in [1.54, 1.807) is 24.5 Å². The number of phenols is 1. The summed E-state index contributed by atoms with van der Waals surface area (Å²) in [6.07, 6.45) is 2.51. The van der Waals surface area contributed by atoms with E-state index in [-0.39, 0.29) is 25.1 Å². The van der Waals surface area contributed by atoms with E-state index in [0.717, 1.165) is 11.3 Å². The molecule has 2 amide bonds. The average Bonchev–Trinajstić information content (AvgIpc) is 2.70. The Morgan fingerprint density at radius 2 is 1.83 bits per heavy atom. The second-order valence-corrected chi connectivity index (χ2v) is 7.61. The van der Waals surface area contributed by atoms with E-state index in [4.69, 9.17) is 2.74 Å². The van der Waals surface area contributed by atoms with E-state index in [1.165, 1.54) is 19.1 Å². The maximum absolute atomic E-state index is 13.3. The highest BCUT2D eigenvalue weighted by atomic mass is 16.4. The molecule has 2 aromatic rings. The number of phenolic OH excluding ortho intramolecular Hbond substituents is 1. The fourth-order valence-corrected chi connectivity index (χ4v) is 2.99. The number of amides is 2. The van der Waals surface area contributed by atoms with Crippen LogP contribution in [0.1, 0.15) is 41.1 Å². The molecule has 0 aliphatic heterocycles. The van der Waals surface area contributed by atoms with Crippen LogP contribution >= 0.6 is 0 Å². The minimum atomic E-state index is -1.51. The van der Waals surface area contributed by atoms with Crippen molar-refractivity contribution >= 4 is 12.0 Å². The Balaban J connectivity index is 2.43. The first kappa shape index (κ1) is 19.2. The summed E-state index contributed by atoms with van der Waals surface area (Å²) < 4.78 is 15.7. The van der Waals surface area contributed by atoms with Gasteiger partial charge in [0, 0.05) is 25.4 Å². The van der Waals surface area contributed by atoms with Crippen LogP contribution in [0.15, 0.2) is 48.7 Å². The zero-order chi connectivity index (χ0) is 23.2. The van der Waals surface area contributed by atoms with Gasteiger partial charge in [0.25, 0.3) is 0 Å². The third kappa shape index (κ3) is 6.20. The number of pyridine rings is 1. The Labute approximate surface area is 174 Å². The van der Waals surface area contributed by atoms with Crippen molar-refractivity contribution in [1.29, 1.82) is 0 Å². The van der Waals surface area contributed by atoms with Crippen LogP contribution in [-0.2, 0) is 17.8 Å². The van der Waals surface area contributed by atoms with Gasteiger partial charge >= 0.3 is 6.09 Å². The molecule has 1 aromatic heterocycles. The Morgan fingerprint density at radius 3 is 2.38 bits per heavy atom. The molecule has 0 saturated carbocycles. The first-order valence-corrected chi connectivity index (χ1v) is 9.51. The van der Waals surface area contributed by atoms with Gasteiger partial charge in [-0.15, -0.1) is 0 Å². The average molecular weight is 404 g/mol. The fourth-order valence-electron chi connectivity index (χ4n) is 2.99. The number of hydrogen-bond donors (Lipinski definition) is 3. The highest BCUT2D eigenvalue weighted by Crippen LogP contribution is 2.25. The minimum absolute atomic E-state index is 0.0362. The fraction of sp³-hybridized carbons (Fsp3) is 0.409. The second-order valence-electron chi connectivity index (χ2n) is 7.61. The maximum atomic E-state index is 13.3. The second kappa shape index (κ2) is 9.91. The first-order chi connectivity index (χ1) is 14.5. The summed E-state index contributed by atoms with van der Waals surface area (Å²) in [7, 11) is 0. The molecule has 7 heteroatoms. The zero-order valence-electron chi connectivity index (χ0n) is 19.0. The number of rotatable bonds is 9. The molecule has 29 heavy (non-hydrogen) atoms. The number of carbonyl (C=O) groups is 2. The molecule has 2 rings (SSSR count). The molecule has 0 bridgehead atoms. The number of hydrogen-bond acceptors (Lipinski definition) is 4. The van der Waals surface area contributed by atoms with Crippen molar-refractivity contribution in [2.24, 2.45) is 5.92 Å². The number of carboxylic acid groups (broad SMARTS) is 1. The number of carbonyl (C=O) groups excluding carboxylic acids is 1. The van der Waals surface area contributed by atoms with Gasteiger partial charge in [0.15, 0.2) is 0 Å². The molecule has 0 unspecified atom stereocenters. The van der Waals surface area contributed by atoms with Crippen LogP contribution in [0, 0.1) is 5.92 Å². The highest BCUT2D eigenvalue weighted by Gasteiger charge is 2.42. The Hall–Kier alpha value is -3.09. The smallest absolute Gasteiger partial charge is 0.408 e. The van der Waals surface area contributed by atoms with Crippen LogP contribution in [0.4, 0.5) is 4.79 Å². The highest BCUT2D eigenvalue weighted by molar-refractivity contribution is 5.89. The summed E-state index contributed by atoms with van der Waals surface area (Å²) in [4.78, 5) is 30.5. The predicted octanol–water partition coefficient (Wildman–Crippen LogP) is 3.43. The van der Waals surface area contributed by atoms with E-state index in [0.29, 0.717) is 23.6 Å². The molecule has 0 aliphatic carbocycles. The lowest BCUT2D eigenvalue weighted by Gasteiger charge is -2.38. The lowest BCUT2D eigenvalue weighted by molar-refractivity contribution is -0.132. The largest absolute Gasteiger partial charge is 0.508 e. The van der Waals surface area contributed by atoms with Gasteiger partial charge in [-0.05, 0) is 54.6 Å². The van der Waals surface area contributed by atoms with E-state index in [9.17, 15) is 19.8 Å². The summed E-state index contributed by atoms with van der Waals surface area (Å²) in [5.74, 6) is -0.553. The van der Waals surface area contributed by atoms with Crippen LogP contribution in [-0.4, -0.2) is 44.2 Å². The predicted molar refractivity (Wildman–Crippen MR) is 110 cm³/mol. The van der Waals surface area contributed by atoms with Gasteiger partial charge in [0.1, 0.15) is 11.3 Å². The molecule has 7 nitrogen and oxygen atoms in total. The molecular formula is C22H29N3O4. The van der Waals surface area contributed by atoms with E-state index < -0.39 is 23.3 Å². The first-order valence-electron chi connectivity index (χ1n) is 10.5. The maximum Gasteiger partial charge on any atom is 0.408 e. The lowest BCUT2D eigenvalue weighted by atomic mass is 9.89. The van der Waals surface area contributed by atoms with Gasteiger partial charge < -0.3 is 15.5 Å². The van der Waals surface area contributed by atoms with Gasteiger partial charge in [-0.3, -0.25) is 14.7 Å². The van der Waals surface area contributed by atoms with Gasteiger partial charge in [-0.2, -0.15) is 0 Å². The number of benzene rings is 1. The van der Waals surface area contributed by atoms with Crippen LogP contribution in [0.25, 0.3) is 0 Å². The van der Waals surface area contributed by atoms with Crippen molar-refractivity contribution in [1.82, 2.24) is 15.2 Å². The van der Waals surface area contributed by atoms with Crippen molar-refractivity contribution in [3.63, 3.8) is 0 Å². The number of nitrogens with one attached hydrogen (secondary N) is 1. The van der Waals surface area contributed by atoms with Crippen molar-refractivity contribution in [2.45, 2.75) is 45.7 Å². The molecule has 1 heterocycles. The third-order valence-electron chi connectivity index (χ3n) is 4.75. The summed E-state index contributed by atoms with van der Waals surface area (Å²) in [6, 6.07) is 5.55. The van der Waals surface area contributed by atoms with Gasteiger partial charge in [-0.25, -0.2) is 4.79 Å². The SMILES string of the molecule is [3H]c1cc(C[C@@](C)(C(=O)NCCC(C)C)N(Cc2ccncc2)C(=O)O)cc([3H])c1O. The zero-order valence-corrected chi connectivity index (χ0v) is 17.0. The third-order valence-corrected chi connectivity index (χ3v) is 4.75. The molecule has 0 saturated heterocycles. The number of aromatic nitrogens is 1. The van der Waals surface area contributed by atoms with Crippen LogP contribution < -0.4 is 5.32 Å². The minimum Gasteiger partial charge on any atom is -0.508 e. The quantitative estimate of drug-likeness (QED) is 0.595. The van der Waals surface area contributed by atoms with Crippen LogP contribution in [0.5, 0.6) is 5.75 Å². The molecule has 1 aromatic carbocycles. The van der Waals surface area contributed by atoms with Crippen molar-refractivity contribution in [2.75, 3.05) is 6.54 Å². The van der Waals surface area contributed by atoms with E-state index in [2.05, 4.69) is 10.3 Å². The van der Waals surface area contributed by atoms with Crippen molar-refractivity contribution in [3.8, 4) is 5.75 Å². The topological polar surface area (TPSA) is 103 Å². The molecule has 0 fully saturated rings. The Kier molecular flexibility index (Phi) is 6.57. The summed E-state index contributed by atoms with van der Waals surface area (Å²) in [5, 5.41) is 22.6. The molecule has 0 spiro atoms. The lowest BCUT2D eigenvalue weighted by Crippen LogP contribution is -2.59. The molecule has 0 aliphatic rings. The van der Waals surface area contributed by atoms with Crippen molar-refractivity contribution < 1.29 is 22.5 Å². The van der Waals surface area contributed by atoms with Crippen molar-refractivity contribution in [3.05, 3.63) is 59.9 Å². The molecule has 156 valence electrons. The van der Waals surface area contributed by atoms with Gasteiger partial charge in [0.05, 0.1) is 9.29 Å². The molecular weight excluding hydrogens is 370 g/mol. The van der Waals surface area contributed by atoms with Gasteiger partial charge in [-0.1, -0.05) is 26.0 Å². The number of aromatic hydroxyl groups is 1. The normalized spacial score (nSPS) is 13.9. The monoisotopic (exact) mass is 403 g/mol. The van der Waals surface area contributed by atoms with E-state index in [1.807, 2.05) is 13.8 Å². The number of nitrogens with zero attached hydrogens (tertiary/aromatic N) is 2. The summed E-state index contributed by atoms with van der Waals surface area (Å²) in [5.41, 5.74) is -0.427. The molecule has 1 atom stereocenters. The Bertz CT molecular complexity index is 901. The molecule has 3 N–H and O–H groups in total. The molecule has 0 radical (unpaired) electrons.